The van der Waals surface area contributed by atoms with Gasteiger partial charge >= 0.3 is 0 Å². The summed E-state index contributed by atoms with van der Waals surface area (Å²) in [5.41, 5.74) is 7.43. The van der Waals surface area contributed by atoms with Crippen LogP contribution in [0.5, 0.6) is 0 Å². The predicted molar refractivity (Wildman–Crippen MR) is 72.3 cm³/mol. The van der Waals surface area contributed by atoms with Gasteiger partial charge in [0.2, 0.25) is 5.91 Å². The van der Waals surface area contributed by atoms with Crippen LogP contribution in [0, 0.1) is 0 Å². The van der Waals surface area contributed by atoms with E-state index in [0.29, 0.717) is 0 Å². The summed E-state index contributed by atoms with van der Waals surface area (Å²) in [4.78, 5) is 13.6. The van der Waals surface area contributed by atoms with E-state index < -0.39 is 6.04 Å². The van der Waals surface area contributed by atoms with Crippen molar-refractivity contribution in [3.8, 4) is 0 Å². The Kier molecular flexibility index (Phi) is 4.97. The number of amides is 1. The van der Waals surface area contributed by atoms with Gasteiger partial charge in [-0.2, -0.15) is 0 Å². The first kappa shape index (κ1) is 13.5. The van der Waals surface area contributed by atoms with Crippen LogP contribution in [0.2, 0.25) is 0 Å². The fourth-order valence-electron chi connectivity index (χ4n) is 1.60. The van der Waals surface area contributed by atoms with Crippen LogP contribution in [0.4, 0.5) is 11.4 Å². The van der Waals surface area contributed by atoms with E-state index in [0.717, 1.165) is 24.5 Å². The third-order valence-corrected chi connectivity index (χ3v) is 2.68. The molecule has 0 saturated heterocycles. The lowest BCUT2D eigenvalue weighted by Crippen LogP contribution is -2.32. The molecule has 1 atom stereocenters. The van der Waals surface area contributed by atoms with Crippen molar-refractivity contribution in [1.82, 2.24) is 0 Å². The zero-order valence-electron chi connectivity index (χ0n) is 10.7. The third kappa shape index (κ3) is 3.75. The van der Waals surface area contributed by atoms with Crippen molar-refractivity contribution in [2.75, 3.05) is 23.3 Å². The molecule has 4 heteroatoms. The average molecular weight is 235 g/mol. The van der Waals surface area contributed by atoms with Gasteiger partial charge in [-0.15, -0.1) is 0 Å². The molecule has 1 aromatic rings. The SMILES string of the molecule is CCN(CC)c1ccc(NC(=O)[C@H](C)N)cc1. The summed E-state index contributed by atoms with van der Waals surface area (Å²) in [6, 6.07) is 7.31. The van der Waals surface area contributed by atoms with Crippen LogP contribution in [0.25, 0.3) is 0 Å². The highest BCUT2D eigenvalue weighted by Crippen LogP contribution is 2.17. The van der Waals surface area contributed by atoms with Gasteiger partial charge in [0.25, 0.3) is 0 Å². The molecule has 0 fully saturated rings. The van der Waals surface area contributed by atoms with Crippen LogP contribution in [0.3, 0.4) is 0 Å². The van der Waals surface area contributed by atoms with Gasteiger partial charge < -0.3 is 16.0 Å². The number of nitrogens with zero attached hydrogens (tertiary/aromatic N) is 1. The fraction of sp³-hybridized carbons (Fsp3) is 0.462. The van der Waals surface area contributed by atoms with Crippen LogP contribution >= 0.6 is 0 Å². The van der Waals surface area contributed by atoms with E-state index in [2.05, 4.69) is 24.1 Å². The Balaban J connectivity index is 2.71. The Bertz CT molecular complexity index is 355. The number of carbonyl (C=O) groups is 1. The van der Waals surface area contributed by atoms with E-state index in [-0.39, 0.29) is 5.91 Å². The second kappa shape index (κ2) is 6.25. The van der Waals surface area contributed by atoms with E-state index >= 15 is 0 Å². The van der Waals surface area contributed by atoms with Crippen molar-refractivity contribution in [2.24, 2.45) is 5.73 Å². The molecule has 1 aromatic carbocycles. The van der Waals surface area contributed by atoms with Crippen molar-refractivity contribution in [1.29, 1.82) is 0 Å². The summed E-state index contributed by atoms with van der Waals surface area (Å²) >= 11 is 0. The lowest BCUT2D eigenvalue weighted by Gasteiger charge is -2.21. The number of carbonyl (C=O) groups excluding carboxylic acids is 1. The van der Waals surface area contributed by atoms with Crippen molar-refractivity contribution >= 4 is 17.3 Å². The number of anilines is 2. The molecule has 94 valence electrons. The Morgan fingerprint density at radius 2 is 1.82 bits per heavy atom. The number of hydrogen-bond donors (Lipinski definition) is 2. The molecule has 0 bridgehead atoms. The Morgan fingerprint density at radius 3 is 2.24 bits per heavy atom. The molecule has 1 rings (SSSR count). The smallest absolute Gasteiger partial charge is 0.240 e. The maximum atomic E-state index is 11.4. The standard InChI is InChI=1S/C13H21N3O/c1-4-16(5-2)12-8-6-11(7-9-12)15-13(17)10(3)14/h6-10H,4-5,14H2,1-3H3,(H,15,17)/t10-/m0/s1. The minimum atomic E-state index is -0.488. The lowest BCUT2D eigenvalue weighted by atomic mass is 10.2. The van der Waals surface area contributed by atoms with Gasteiger partial charge in [0.1, 0.15) is 0 Å². The highest BCUT2D eigenvalue weighted by molar-refractivity contribution is 5.94. The first-order chi connectivity index (χ1) is 8.08. The van der Waals surface area contributed by atoms with E-state index in [9.17, 15) is 4.79 Å². The molecule has 0 saturated carbocycles. The molecular weight excluding hydrogens is 214 g/mol. The van der Waals surface area contributed by atoms with E-state index in [1.165, 1.54) is 0 Å². The van der Waals surface area contributed by atoms with Gasteiger partial charge in [0.05, 0.1) is 6.04 Å². The van der Waals surface area contributed by atoms with Gasteiger partial charge in [-0.1, -0.05) is 0 Å². The highest BCUT2D eigenvalue weighted by atomic mass is 16.2. The van der Waals surface area contributed by atoms with E-state index in [4.69, 9.17) is 5.73 Å². The first-order valence-corrected chi connectivity index (χ1v) is 6.00. The maximum Gasteiger partial charge on any atom is 0.240 e. The van der Waals surface area contributed by atoms with Crippen molar-refractivity contribution in [3.05, 3.63) is 24.3 Å². The van der Waals surface area contributed by atoms with Gasteiger partial charge in [0, 0.05) is 24.5 Å². The topological polar surface area (TPSA) is 58.4 Å². The molecule has 4 nitrogen and oxygen atoms in total. The number of nitrogens with two attached hydrogens (primary N) is 1. The van der Waals surface area contributed by atoms with Crippen LogP contribution in [0.1, 0.15) is 20.8 Å². The molecule has 0 aliphatic rings. The fourth-order valence-corrected chi connectivity index (χ4v) is 1.60. The summed E-state index contributed by atoms with van der Waals surface area (Å²) in [7, 11) is 0. The molecule has 3 N–H and O–H groups in total. The van der Waals surface area contributed by atoms with Crippen molar-refractivity contribution in [2.45, 2.75) is 26.8 Å². The van der Waals surface area contributed by atoms with Crippen LogP contribution in [-0.4, -0.2) is 25.0 Å². The zero-order chi connectivity index (χ0) is 12.8. The number of nitrogens with one attached hydrogen (secondary N) is 1. The van der Waals surface area contributed by atoms with Gasteiger partial charge in [-0.25, -0.2) is 0 Å². The third-order valence-electron chi connectivity index (χ3n) is 2.68. The second-order valence-electron chi connectivity index (χ2n) is 4.00. The minimum Gasteiger partial charge on any atom is -0.372 e. The minimum absolute atomic E-state index is 0.166. The summed E-state index contributed by atoms with van der Waals surface area (Å²) in [5.74, 6) is -0.166. The van der Waals surface area contributed by atoms with Gasteiger partial charge in [-0.05, 0) is 45.0 Å². The summed E-state index contributed by atoms with van der Waals surface area (Å²) in [6.45, 7) is 7.86. The van der Waals surface area contributed by atoms with E-state index in [1.807, 2.05) is 24.3 Å². The number of rotatable bonds is 5. The predicted octanol–water partition coefficient (Wildman–Crippen LogP) is 1.82. The van der Waals surface area contributed by atoms with Crippen molar-refractivity contribution in [3.63, 3.8) is 0 Å². The maximum absolute atomic E-state index is 11.4. The van der Waals surface area contributed by atoms with Crippen molar-refractivity contribution < 1.29 is 4.79 Å². The lowest BCUT2D eigenvalue weighted by molar-refractivity contribution is -0.117. The molecule has 0 aromatic heterocycles. The number of benzene rings is 1. The molecule has 17 heavy (non-hydrogen) atoms. The molecule has 0 aliphatic heterocycles. The van der Waals surface area contributed by atoms with Crippen LogP contribution in [-0.2, 0) is 4.79 Å². The van der Waals surface area contributed by atoms with Gasteiger partial charge in [0.15, 0.2) is 0 Å². The zero-order valence-corrected chi connectivity index (χ0v) is 10.7. The largest absolute Gasteiger partial charge is 0.372 e. The van der Waals surface area contributed by atoms with Crippen LogP contribution < -0.4 is 16.0 Å². The monoisotopic (exact) mass is 235 g/mol. The quantitative estimate of drug-likeness (QED) is 0.818. The normalized spacial score (nSPS) is 12.0. The Morgan fingerprint density at radius 1 is 1.29 bits per heavy atom. The first-order valence-electron chi connectivity index (χ1n) is 6.00. The summed E-state index contributed by atoms with van der Waals surface area (Å²) < 4.78 is 0. The molecule has 0 spiro atoms. The average Bonchev–Trinajstić information content (AvgIpc) is 2.32. The second-order valence-corrected chi connectivity index (χ2v) is 4.00. The van der Waals surface area contributed by atoms with Crippen LogP contribution in [0.15, 0.2) is 24.3 Å². The Labute approximate surface area is 103 Å². The van der Waals surface area contributed by atoms with Gasteiger partial charge in [-0.3, -0.25) is 4.79 Å². The molecule has 0 aliphatic carbocycles. The molecular formula is C13H21N3O. The van der Waals surface area contributed by atoms with E-state index in [1.54, 1.807) is 6.92 Å². The molecule has 1 amide bonds. The summed E-state index contributed by atoms with van der Waals surface area (Å²) in [6.07, 6.45) is 0. The number of hydrogen-bond acceptors (Lipinski definition) is 3. The molecule has 0 heterocycles. The highest BCUT2D eigenvalue weighted by Gasteiger charge is 2.07. The molecule has 0 radical (unpaired) electrons. The Hall–Kier alpha value is -1.55. The molecule has 0 unspecified atom stereocenters. The summed E-state index contributed by atoms with van der Waals surface area (Å²) in [5, 5.41) is 2.76.